The van der Waals surface area contributed by atoms with Gasteiger partial charge in [0.05, 0.1) is 0 Å². The maximum Gasteiger partial charge on any atom is 0.303 e. The Bertz CT molecular complexity index is 381. The molecule has 0 fully saturated rings. The SMILES string of the molecule is CCCCCCCC(OC(C)=O)C(CCCCCCCC=O)OC(C)=O. The van der Waals surface area contributed by atoms with Crippen molar-refractivity contribution in [3.8, 4) is 0 Å². The number of rotatable bonds is 17. The van der Waals surface area contributed by atoms with Crippen molar-refractivity contribution in [2.75, 3.05) is 0 Å². The molecule has 0 radical (unpaired) electrons. The molecule has 0 N–H and O–H groups in total. The standard InChI is InChI=1S/C21H38O5/c1-4-5-6-9-12-15-20(25-18(2)23)21(26-19(3)24)16-13-10-7-8-11-14-17-22/h17,20-21H,4-16H2,1-3H3. The van der Waals surface area contributed by atoms with E-state index in [1.165, 1.54) is 33.1 Å². The van der Waals surface area contributed by atoms with E-state index >= 15 is 0 Å². The van der Waals surface area contributed by atoms with Crippen LogP contribution < -0.4 is 0 Å². The zero-order valence-electron chi connectivity index (χ0n) is 17.0. The van der Waals surface area contributed by atoms with Crippen molar-refractivity contribution in [1.29, 1.82) is 0 Å². The molecular weight excluding hydrogens is 332 g/mol. The molecule has 0 amide bonds. The Hall–Kier alpha value is -1.39. The van der Waals surface area contributed by atoms with Crippen molar-refractivity contribution in [1.82, 2.24) is 0 Å². The molecule has 0 aliphatic rings. The van der Waals surface area contributed by atoms with Gasteiger partial charge in [0.2, 0.25) is 0 Å². The van der Waals surface area contributed by atoms with Gasteiger partial charge in [0.15, 0.2) is 0 Å². The van der Waals surface area contributed by atoms with E-state index in [1.54, 1.807) is 0 Å². The van der Waals surface area contributed by atoms with Gasteiger partial charge in [-0.1, -0.05) is 51.9 Å². The summed E-state index contributed by atoms with van der Waals surface area (Å²) in [7, 11) is 0. The number of unbranched alkanes of at least 4 members (excludes halogenated alkanes) is 9. The van der Waals surface area contributed by atoms with Gasteiger partial charge in [0, 0.05) is 20.3 Å². The Morgan fingerprint density at radius 2 is 1.15 bits per heavy atom. The number of aldehydes is 1. The lowest BCUT2D eigenvalue weighted by Crippen LogP contribution is -2.34. The van der Waals surface area contributed by atoms with Crippen molar-refractivity contribution >= 4 is 18.2 Å². The molecule has 5 nitrogen and oxygen atoms in total. The molecular formula is C21H38O5. The van der Waals surface area contributed by atoms with Gasteiger partial charge in [-0.3, -0.25) is 9.59 Å². The molecule has 26 heavy (non-hydrogen) atoms. The van der Waals surface area contributed by atoms with E-state index in [-0.39, 0.29) is 24.1 Å². The summed E-state index contributed by atoms with van der Waals surface area (Å²) in [5.74, 6) is -0.654. The molecule has 0 aromatic heterocycles. The highest BCUT2D eigenvalue weighted by atomic mass is 16.6. The monoisotopic (exact) mass is 370 g/mol. The molecule has 2 unspecified atom stereocenters. The molecule has 0 bridgehead atoms. The van der Waals surface area contributed by atoms with E-state index < -0.39 is 0 Å². The maximum atomic E-state index is 11.5. The second-order valence-corrected chi connectivity index (χ2v) is 7.01. The number of hydrogen-bond donors (Lipinski definition) is 0. The lowest BCUT2D eigenvalue weighted by Gasteiger charge is -2.26. The Morgan fingerprint density at radius 1 is 0.731 bits per heavy atom. The first-order chi connectivity index (χ1) is 12.5. The molecule has 0 saturated heterocycles. The van der Waals surface area contributed by atoms with Crippen molar-refractivity contribution in [2.45, 2.75) is 116 Å². The molecule has 0 spiro atoms. The summed E-state index contributed by atoms with van der Waals surface area (Å²) < 4.78 is 10.9. The zero-order valence-corrected chi connectivity index (χ0v) is 17.0. The van der Waals surface area contributed by atoms with E-state index in [9.17, 15) is 14.4 Å². The molecule has 0 aliphatic heterocycles. The Balaban J connectivity index is 4.42. The van der Waals surface area contributed by atoms with Crippen molar-refractivity contribution in [3.05, 3.63) is 0 Å². The average molecular weight is 371 g/mol. The fourth-order valence-electron chi connectivity index (χ4n) is 3.12. The van der Waals surface area contributed by atoms with E-state index in [1.807, 2.05) is 0 Å². The van der Waals surface area contributed by atoms with Crippen LogP contribution in [0.5, 0.6) is 0 Å². The largest absolute Gasteiger partial charge is 0.459 e. The normalized spacial score (nSPS) is 13.0. The van der Waals surface area contributed by atoms with Crippen LogP contribution in [0.15, 0.2) is 0 Å². The topological polar surface area (TPSA) is 69.7 Å². The predicted octanol–water partition coefficient (Wildman–Crippen LogP) is 5.14. The highest BCUT2D eigenvalue weighted by Crippen LogP contribution is 2.20. The quantitative estimate of drug-likeness (QED) is 0.201. The summed E-state index contributed by atoms with van der Waals surface area (Å²) in [6, 6.07) is 0. The van der Waals surface area contributed by atoms with Crippen LogP contribution in [0.1, 0.15) is 104 Å². The molecule has 0 aromatic carbocycles. The van der Waals surface area contributed by atoms with Gasteiger partial charge >= 0.3 is 11.9 Å². The van der Waals surface area contributed by atoms with E-state index in [0.29, 0.717) is 12.8 Å². The van der Waals surface area contributed by atoms with Gasteiger partial charge in [0.1, 0.15) is 18.5 Å². The minimum Gasteiger partial charge on any atom is -0.459 e. The first-order valence-corrected chi connectivity index (χ1v) is 10.3. The van der Waals surface area contributed by atoms with Crippen LogP contribution in [0.3, 0.4) is 0 Å². The van der Waals surface area contributed by atoms with Crippen LogP contribution in [0.25, 0.3) is 0 Å². The Labute approximate surface area is 159 Å². The summed E-state index contributed by atoms with van der Waals surface area (Å²) in [6.45, 7) is 4.98. The van der Waals surface area contributed by atoms with Crippen LogP contribution in [0.4, 0.5) is 0 Å². The fourth-order valence-corrected chi connectivity index (χ4v) is 3.12. The predicted molar refractivity (Wildman–Crippen MR) is 103 cm³/mol. The summed E-state index contributed by atoms with van der Waals surface area (Å²) in [6.07, 6.45) is 13.0. The minimum atomic E-state index is -0.363. The minimum absolute atomic E-state index is 0.324. The van der Waals surface area contributed by atoms with Crippen LogP contribution in [-0.2, 0) is 23.9 Å². The van der Waals surface area contributed by atoms with Crippen LogP contribution in [0, 0.1) is 0 Å². The molecule has 5 heteroatoms. The van der Waals surface area contributed by atoms with Crippen LogP contribution in [-0.4, -0.2) is 30.4 Å². The number of ether oxygens (including phenoxy) is 2. The number of esters is 2. The van der Waals surface area contributed by atoms with Gasteiger partial charge in [-0.05, 0) is 32.1 Å². The molecule has 0 saturated carbocycles. The molecule has 0 heterocycles. The zero-order chi connectivity index (χ0) is 19.6. The third kappa shape index (κ3) is 14.9. The third-order valence-electron chi connectivity index (χ3n) is 4.45. The number of carbonyl (C=O) groups excluding carboxylic acids is 3. The second-order valence-electron chi connectivity index (χ2n) is 7.01. The highest BCUT2D eigenvalue weighted by molar-refractivity contribution is 5.67. The fraction of sp³-hybridized carbons (Fsp3) is 0.857. The molecule has 2 atom stereocenters. The van der Waals surface area contributed by atoms with E-state index in [4.69, 9.17) is 9.47 Å². The average Bonchev–Trinajstić information content (AvgIpc) is 2.58. The Kier molecular flexibility index (Phi) is 16.1. The first-order valence-electron chi connectivity index (χ1n) is 10.3. The van der Waals surface area contributed by atoms with Gasteiger partial charge in [-0.25, -0.2) is 0 Å². The van der Waals surface area contributed by atoms with Gasteiger partial charge < -0.3 is 14.3 Å². The third-order valence-corrected chi connectivity index (χ3v) is 4.45. The second kappa shape index (κ2) is 17.0. The van der Waals surface area contributed by atoms with E-state index in [2.05, 4.69) is 6.92 Å². The van der Waals surface area contributed by atoms with Crippen molar-refractivity contribution in [3.63, 3.8) is 0 Å². The number of carbonyl (C=O) groups is 3. The molecule has 0 aliphatic carbocycles. The summed E-state index contributed by atoms with van der Waals surface area (Å²) in [4.78, 5) is 33.2. The maximum absolute atomic E-state index is 11.5. The summed E-state index contributed by atoms with van der Waals surface area (Å²) in [5, 5.41) is 0. The lowest BCUT2D eigenvalue weighted by molar-refractivity contribution is -0.166. The Morgan fingerprint density at radius 3 is 1.58 bits per heavy atom. The molecule has 152 valence electrons. The van der Waals surface area contributed by atoms with Gasteiger partial charge in [0.25, 0.3) is 0 Å². The van der Waals surface area contributed by atoms with Crippen molar-refractivity contribution in [2.24, 2.45) is 0 Å². The number of hydrogen-bond acceptors (Lipinski definition) is 5. The highest BCUT2D eigenvalue weighted by Gasteiger charge is 2.26. The van der Waals surface area contributed by atoms with Gasteiger partial charge in [-0.2, -0.15) is 0 Å². The summed E-state index contributed by atoms with van der Waals surface area (Å²) >= 11 is 0. The first kappa shape index (κ1) is 24.6. The van der Waals surface area contributed by atoms with Gasteiger partial charge in [-0.15, -0.1) is 0 Å². The molecule has 0 aromatic rings. The lowest BCUT2D eigenvalue weighted by atomic mass is 9.99. The van der Waals surface area contributed by atoms with Crippen molar-refractivity contribution < 1.29 is 23.9 Å². The van der Waals surface area contributed by atoms with E-state index in [0.717, 1.165) is 57.7 Å². The molecule has 0 rings (SSSR count). The smallest absolute Gasteiger partial charge is 0.303 e. The van der Waals surface area contributed by atoms with Crippen LogP contribution >= 0.6 is 0 Å². The summed E-state index contributed by atoms with van der Waals surface area (Å²) in [5.41, 5.74) is 0. The van der Waals surface area contributed by atoms with Crippen LogP contribution in [0.2, 0.25) is 0 Å².